The molecular formula is C13H15N5O2S3. The minimum atomic E-state index is -3.36. The number of likely N-dealkylation sites (N-methyl/N-ethyl adjacent to an activating group) is 1. The Kier molecular flexibility index (Phi) is 3.28. The maximum Gasteiger partial charge on any atom is 0.244 e. The quantitative estimate of drug-likeness (QED) is 0.749. The van der Waals surface area contributed by atoms with Crippen molar-refractivity contribution in [1.82, 2.24) is 19.1 Å². The molecule has 0 saturated heterocycles. The van der Waals surface area contributed by atoms with E-state index in [2.05, 4.69) is 15.4 Å². The molecule has 0 radical (unpaired) electrons. The zero-order valence-electron chi connectivity index (χ0n) is 12.8. The van der Waals surface area contributed by atoms with Crippen LogP contribution in [0.2, 0.25) is 0 Å². The van der Waals surface area contributed by atoms with Crippen molar-refractivity contribution in [2.24, 2.45) is 7.05 Å². The SMILES string of the molecule is Cc1nn(C)c2nc(NC3CN(C)S(=O)(=O)c4ccsc43)sc12. The van der Waals surface area contributed by atoms with E-state index in [0.717, 1.165) is 26.0 Å². The van der Waals surface area contributed by atoms with Gasteiger partial charge in [-0.15, -0.1) is 11.3 Å². The monoisotopic (exact) mass is 369 g/mol. The fourth-order valence-electron chi connectivity index (χ4n) is 2.79. The number of rotatable bonds is 2. The first-order chi connectivity index (χ1) is 10.9. The molecule has 4 rings (SSSR count). The van der Waals surface area contributed by atoms with Crippen molar-refractivity contribution in [3.8, 4) is 0 Å². The molecule has 1 N–H and O–H groups in total. The van der Waals surface area contributed by atoms with Crippen molar-refractivity contribution >= 4 is 48.2 Å². The van der Waals surface area contributed by atoms with Crippen molar-refractivity contribution in [1.29, 1.82) is 0 Å². The number of fused-ring (bicyclic) bond motifs is 2. The van der Waals surface area contributed by atoms with Crippen LogP contribution < -0.4 is 5.32 Å². The number of thiophene rings is 1. The lowest BCUT2D eigenvalue weighted by atomic mass is 10.2. The minimum absolute atomic E-state index is 0.0904. The fraction of sp³-hybridized carbons (Fsp3) is 0.385. The zero-order valence-corrected chi connectivity index (χ0v) is 15.2. The van der Waals surface area contributed by atoms with E-state index in [9.17, 15) is 8.42 Å². The molecule has 0 saturated carbocycles. The van der Waals surface area contributed by atoms with E-state index in [-0.39, 0.29) is 6.04 Å². The summed E-state index contributed by atoms with van der Waals surface area (Å²) in [6.45, 7) is 2.35. The maximum absolute atomic E-state index is 12.3. The standard InChI is InChI=1S/C13H15N5O2S3/c1-7-10-12(18(3)16-7)15-13(22-10)14-8-6-17(2)23(19,20)9-4-5-21-11(8)9/h4-5,8H,6H2,1-3H3,(H,14,15). The van der Waals surface area contributed by atoms with E-state index in [1.165, 1.54) is 15.6 Å². The number of thiazole rings is 1. The zero-order chi connectivity index (χ0) is 16.4. The third-order valence-corrected chi connectivity index (χ3v) is 8.07. The van der Waals surface area contributed by atoms with E-state index in [4.69, 9.17) is 0 Å². The Morgan fingerprint density at radius 1 is 1.39 bits per heavy atom. The van der Waals surface area contributed by atoms with Gasteiger partial charge < -0.3 is 5.32 Å². The lowest BCUT2D eigenvalue weighted by Gasteiger charge is -2.29. The smallest absolute Gasteiger partial charge is 0.244 e. The Hall–Kier alpha value is -1.49. The van der Waals surface area contributed by atoms with Crippen LogP contribution >= 0.6 is 22.7 Å². The molecule has 1 unspecified atom stereocenters. The van der Waals surface area contributed by atoms with Gasteiger partial charge in [-0.3, -0.25) is 0 Å². The van der Waals surface area contributed by atoms with Gasteiger partial charge in [-0.1, -0.05) is 11.3 Å². The summed E-state index contributed by atoms with van der Waals surface area (Å²) in [6, 6.07) is 1.58. The van der Waals surface area contributed by atoms with Crippen molar-refractivity contribution in [3.05, 3.63) is 22.0 Å². The molecule has 7 nitrogen and oxygen atoms in total. The highest BCUT2D eigenvalue weighted by Crippen LogP contribution is 2.38. The van der Waals surface area contributed by atoms with Gasteiger partial charge in [0.25, 0.3) is 0 Å². The Bertz CT molecular complexity index is 966. The number of hydrogen-bond acceptors (Lipinski definition) is 7. The number of aromatic nitrogens is 3. The van der Waals surface area contributed by atoms with E-state index in [0.29, 0.717) is 11.4 Å². The molecule has 0 amide bonds. The van der Waals surface area contributed by atoms with Gasteiger partial charge in [0, 0.05) is 25.5 Å². The van der Waals surface area contributed by atoms with Crippen LogP contribution in [0.3, 0.4) is 0 Å². The molecule has 3 aromatic rings. The van der Waals surface area contributed by atoms with E-state index in [1.54, 1.807) is 29.1 Å². The molecule has 4 heterocycles. The summed E-state index contributed by atoms with van der Waals surface area (Å²) < 4.78 is 28.9. The largest absolute Gasteiger partial charge is 0.352 e. The summed E-state index contributed by atoms with van der Waals surface area (Å²) in [5.41, 5.74) is 1.80. The van der Waals surface area contributed by atoms with Gasteiger partial charge in [-0.05, 0) is 18.4 Å². The third-order valence-electron chi connectivity index (χ3n) is 3.94. The van der Waals surface area contributed by atoms with Crippen LogP contribution in [-0.2, 0) is 17.1 Å². The van der Waals surface area contributed by atoms with Gasteiger partial charge in [-0.25, -0.2) is 18.1 Å². The number of aryl methyl sites for hydroxylation is 2. The second kappa shape index (κ2) is 5.00. The van der Waals surface area contributed by atoms with Gasteiger partial charge in [0.2, 0.25) is 10.0 Å². The summed E-state index contributed by atoms with van der Waals surface area (Å²) in [5, 5.41) is 10.3. The maximum atomic E-state index is 12.3. The molecule has 10 heteroatoms. The van der Waals surface area contributed by atoms with Crippen molar-refractivity contribution in [2.75, 3.05) is 18.9 Å². The van der Waals surface area contributed by atoms with Crippen molar-refractivity contribution in [3.63, 3.8) is 0 Å². The van der Waals surface area contributed by atoms with Gasteiger partial charge in [0.15, 0.2) is 10.8 Å². The van der Waals surface area contributed by atoms with Gasteiger partial charge in [-0.2, -0.15) is 9.40 Å². The average Bonchev–Trinajstić information content (AvgIpc) is 3.16. The Morgan fingerprint density at radius 2 is 2.17 bits per heavy atom. The normalized spacial score (nSPS) is 20.7. The topological polar surface area (TPSA) is 80.1 Å². The molecule has 0 aliphatic carbocycles. The van der Waals surface area contributed by atoms with Crippen LogP contribution in [-0.4, -0.2) is 41.1 Å². The number of sulfonamides is 1. The highest BCUT2D eigenvalue weighted by atomic mass is 32.2. The first-order valence-electron chi connectivity index (χ1n) is 6.98. The highest BCUT2D eigenvalue weighted by Gasteiger charge is 2.36. The van der Waals surface area contributed by atoms with Gasteiger partial charge in [0.1, 0.15) is 0 Å². The van der Waals surface area contributed by atoms with Crippen LogP contribution in [0.15, 0.2) is 16.3 Å². The molecule has 23 heavy (non-hydrogen) atoms. The van der Waals surface area contributed by atoms with Crippen LogP contribution in [0.25, 0.3) is 10.3 Å². The minimum Gasteiger partial charge on any atom is -0.352 e. The highest BCUT2D eigenvalue weighted by molar-refractivity contribution is 7.89. The summed E-state index contributed by atoms with van der Waals surface area (Å²) in [6.07, 6.45) is 0. The summed E-state index contributed by atoms with van der Waals surface area (Å²) in [7, 11) is 0.123. The molecule has 0 aromatic carbocycles. The fourth-order valence-corrected chi connectivity index (χ4v) is 6.47. The molecule has 3 aromatic heterocycles. The Labute approximate surface area is 141 Å². The van der Waals surface area contributed by atoms with Gasteiger partial charge in [0.05, 0.1) is 21.3 Å². The van der Waals surface area contributed by atoms with Crippen LogP contribution in [0.1, 0.15) is 16.6 Å². The van der Waals surface area contributed by atoms with Gasteiger partial charge >= 0.3 is 0 Å². The molecular weight excluding hydrogens is 354 g/mol. The molecule has 1 atom stereocenters. The second-order valence-corrected chi connectivity index (χ2v) is 9.47. The number of hydrogen-bond donors (Lipinski definition) is 1. The molecule has 0 bridgehead atoms. The van der Waals surface area contributed by atoms with Crippen molar-refractivity contribution in [2.45, 2.75) is 17.9 Å². The molecule has 122 valence electrons. The molecule has 0 spiro atoms. The number of nitrogens with one attached hydrogen (secondary N) is 1. The molecule has 0 fully saturated rings. The van der Waals surface area contributed by atoms with Crippen LogP contribution in [0.5, 0.6) is 0 Å². The number of nitrogens with zero attached hydrogens (tertiary/aromatic N) is 4. The first kappa shape index (κ1) is 15.1. The molecule has 1 aliphatic heterocycles. The van der Waals surface area contributed by atoms with Crippen LogP contribution in [0, 0.1) is 6.92 Å². The third kappa shape index (κ3) is 2.20. The van der Waals surface area contributed by atoms with E-state index in [1.807, 2.05) is 19.4 Å². The summed E-state index contributed by atoms with van der Waals surface area (Å²) in [5.74, 6) is 0. The first-order valence-corrected chi connectivity index (χ1v) is 10.1. The van der Waals surface area contributed by atoms with Crippen LogP contribution in [0.4, 0.5) is 5.13 Å². The Morgan fingerprint density at radius 3 is 2.91 bits per heavy atom. The number of anilines is 1. The predicted molar refractivity (Wildman–Crippen MR) is 91.6 cm³/mol. The summed E-state index contributed by atoms with van der Waals surface area (Å²) >= 11 is 3.01. The second-order valence-electron chi connectivity index (χ2n) is 5.51. The average molecular weight is 369 g/mol. The van der Waals surface area contributed by atoms with Crippen molar-refractivity contribution < 1.29 is 8.42 Å². The predicted octanol–water partition coefficient (Wildman–Crippen LogP) is 2.19. The Balaban J connectivity index is 1.72. The lowest BCUT2D eigenvalue weighted by molar-refractivity contribution is 0.434. The summed E-state index contributed by atoms with van der Waals surface area (Å²) in [4.78, 5) is 5.83. The lowest BCUT2D eigenvalue weighted by Crippen LogP contribution is -2.38. The van der Waals surface area contributed by atoms with E-state index >= 15 is 0 Å². The molecule has 1 aliphatic rings. The van der Waals surface area contributed by atoms with E-state index < -0.39 is 10.0 Å².